The molecule has 0 aliphatic rings. The first-order chi connectivity index (χ1) is 8.58. The smallest absolute Gasteiger partial charge is 0.326 e. The van der Waals surface area contributed by atoms with Gasteiger partial charge >= 0.3 is 5.97 Å². The standard InChI is InChI=1S/C11H14N2O5/c1-3-4-8(11(15)16)12-10(14)9-5-7(6-17-2)18-13-9/h3,5,8H,1,4,6H2,2H3,(H,12,14)(H,15,16). The van der Waals surface area contributed by atoms with Crippen LogP contribution < -0.4 is 5.32 Å². The average molecular weight is 254 g/mol. The molecule has 0 saturated heterocycles. The summed E-state index contributed by atoms with van der Waals surface area (Å²) in [6, 6.07) is 0.364. The number of amides is 1. The van der Waals surface area contributed by atoms with Crippen LogP contribution in [0.2, 0.25) is 0 Å². The summed E-state index contributed by atoms with van der Waals surface area (Å²) >= 11 is 0. The Morgan fingerprint density at radius 3 is 3.00 bits per heavy atom. The highest BCUT2D eigenvalue weighted by molar-refractivity contribution is 5.94. The molecule has 0 aromatic carbocycles. The van der Waals surface area contributed by atoms with E-state index in [1.807, 2.05) is 0 Å². The summed E-state index contributed by atoms with van der Waals surface area (Å²) in [5, 5.41) is 14.7. The Labute approximate surface area is 103 Å². The second-order valence-electron chi connectivity index (χ2n) is 3.50. The summed E-state index contributed by atoms with van der Waals surface area (Å²) < 4.78 is 9.63. The molecule has 7 heteroatoms. The van der Waals surface area contributed by atoms with Crippen molar-refractivity contribution in [2.45, 2.75) is 19.1 Å². The normalized spacial score (nSPS) is 11.8. The zero-order chi connectivity index (χ0) is 13.5. The molecule has 0 aliphatic heterocycles. The first-order valence-electron chi connectivity index (χ1n) is 5.17. The maximum atomic E-state index is 11.7. The largest absolute Gasteiger partial charge is 0.480 e. The number of nitrogens with one attached hydrogen (secondary N) is 1. The van der Waals surface area contributed by atoms with E-state index in [4.69, 9.17) is 14.4 Å². The molecule has 0 aliphatic carbocycles. The number of carbonyl (C=O) groups is 2. The van der Waals surface area contributed by atoms with Gasteiger partial charge in [-0.25, -0.2) is 4.79 Å². The minimum absolute atomic E-state index is 0.0114. The lowest BCUT2D eigenvalue weighted by Gasteiger charge is -2.10. The number of ether oxygens (including phenoxy) is 1. The predicted molar refractivity (Wildman–Crippen MR) is 60.9 cm³/mol. The van der Waals surface area contributed by atoms with Crippen LogP contribution in [0.3, 0.4) is 0 Å². The molecule has 0 fully saturated rings. The van der Waals surface area contributed by atoms with E-state index in [-0.39, 0.29) is 18.7 Å². The molecule has 2 N–H and O–H groups in total. The van der Waals surface area contributed by atoms with Crippen LogP contribution >= 0.6 is 0 Å². The number of rotatable bonds is 7. The van der Waals surface area contributed by atoms with E-state index in [0.29, 0.717) is 5.76 Å². The van der Waals surface area contributed by atoms with Crippen molar-refractivity contribution in [1.29, 1.82) is 0 Å². The summed E-state index contributed by atoms with van der Waals surface area (Å²) in [6.07, 6.45) is 1.54. The number of nitrogens with zero attached hydrogens (tertiary/aromatic N) is 1. The number of carboxylic acids is 1. The van der Waals surface area contributed by atoms with Crippen LogP contribution in [-0.2, 0) is 16.1 Å². The van der Waals surface area contributed by atoms with Gasteiger partial charge in [0.25, 0.3) is 5.91 Å². The number of carboxylic acid groups (broad SMARTS) is 1. The summed E-state index contributed by atoms with van der Waals surface area (Å²) in [5.74, 6) is -1.36. The highest BCUT2D eigenvalue weighted by atomic mass is 16.5. The summed E-state index contributed by atoms with van der Waals surface area (Å²) in [5.41, 5.74) is 0.0114. The van der Waals surface area contributed by atoms with Gasteiger partial charge in [0.15, 0.2) is 11.5 Å². The topological polar surface area (TPSA) is 102 Å². The van der Waals surface area contributed by atoms with Crippen LogP contribution in [0.15, 0.2) is 23.2 Å². The van der Waals surface area contributed by atoms with Crippen molar-refractivity contribution < 1.29 is 24.0 Å². The molecule has 0 saturated carbocycles. The summed E-state index contributed by atoms with van der Waals surface area (Å²) in [6.45, 7) is 3.62. The minimum Gasteiger partial charge on any atom is -0.480 e. The molecule has 98 valence electrons. The van der Waals surface area contributed by atoms with Crippen molar-refractivity contribution in [2.75, 3.05) is 7.11 Å². The molecule has 0 spiro atoms. The van der Waals surface area contributed by atoms with Crippen molar-refractivity contribution in [3.63, 3.8) is 0 Å². The quantitative estimate of drug-likeness (QED) is 0.690. The number of aliphatic carboxylic acids is 1. The lowest BCUT2D eigenvalue weighted by atomic mass is 10.2. The highest BCUT2D eigenvalue weighted by Gasteiger charge is 2.21. The van der Waals surface area contributed by atoms with Crippen LogP contribution in [0.25, 0.3) is 0 Å². The number of hydrogen-bond donors (Lipinski definition) is 2. The van der Waals surface area contributed by atoms with Crippen LogP contribution in [0.1, 0.15) is 22.7 Å². The molecule has 1 amide bonds. The average Bonchev–Trinajstić information content (AvgIpc) is 2.77. The Bertz CT molecular complexity index is 440. The van der Waals surface area contributed by atoms with Gasteiger partial charge in [-0.05, 0) is 6.42 Å². The lowest BCUT2D eigenvalue weighted by Crippen LogP contribution is -2.40. The predicted octanol–water partition coefficient (Wildman–Crippen LogP) is 0.580. The first kappa shape index (κ1) is 13.9. The molecule has 1 heterocycles. The Kier molecular flexibility index (Phi) is 5.06. The molecule has 1 rings (SSSR count). The van der Waals surface area contributed by atoms with Crippen molar-refractivity contribution in [2.24, 2.45) is 0 Å². The van der Waals surface area contributed by atoms with Crippen LogP contribution in [-0.4, -0.2) is 35.3 Å². The SMILES string of the molecule is C=CCC(NC(=O)c1cc(COC)on1)C(=O)O. The molecule has 1 atom stereocenters. The zero-order valence-electron chi connectivity index (χ0n) is 9.88. The molecular formula is C11H14N2O5. The maximum absolute atomic E-state index is 11.7. The van der Waals surface area contributed by atoms with Gasteiger partial charge in [-0.1, -0.05) is 11.2 Å². The van der Waals surface area contributed by atoms with E-state index in [1.165, 1.54) is 19.3 Å². The number of carbonyl (C=O) groups excluding carboxylic acids is 1. The first-order valence-corrected chi connectivity index (χ1v) is 5.17. The van der Waals surface area contributed by atoms with Crippen molar-refractivity contribution in [3.05, 3.63) is 30.2 Å². The molecule has 1 unspecified atom stereocenters. The van der Waals surface area contributed by atoms with Gasteiger partial charge in [0, 0.05) is 13.2 Å². The molecule has 7 nitrogen and oxygen atoms in total. The fourth-order valence-electron chi connectivity index (χ4n) is 1.25. The Morgan fingerprint density at radius 2 is 2.44 bits per heavy atom. The van der Waals surface area contributed by atoms with E-state index in [1.54, 1.807) is 0 Å². The Hall–Kier alpha value is -2.15. The summed E-state index contributed by atoms with van der Waals surface area (Å²) in [7, 11) is 1.48. The second kappa shape index (κ2) is 6.55. The van der Waals surface area contributed by atoms with E-state index in [2.05, 4.69) is 17.1 Å². The lowest BCUT2D eigenvalue weighted by molar-refractivity contribution is -0.139. The summed E-state index contributed by atoms with van der Waals surface area (Å²) in [4.78, 5) is 22.5. The zero-order valence-corrected chi connectivity index (χ0v) is 9.88. The molecular weight excluding hydrogens is 240 g/mol. The monoisotopic (exact) mass is 254 g/mol. The van der Waals surface area contributed by atoms with Gasteiger partial charge < -0.3 is 19.7 Å². The van der Waals surface area contributed by atoms with Crippen LogP contribution in [0, 0.1) is 0 Å². The molecule has 18 heavy (non-hydrogen) atoms. The molecule has 0 radical (unpaired) electrons. The van der Waals surface area contributed by atoms with E-state index in [0.717, 1.165) is 0 Å². The number of aromatic nitrogens is 1. The van der Waals surface area contributed by atoms with E-state index in [9.17, 15) is 9.59 Å². The third-order valence-electron chi connectivity index (χ3n) is 2.08. The van der Waals surface area contributed by atoms with Crippen LogP contribution in [0.5, 0.6) is 0 Å². The van der Waals surface area contributed by atoms with Gasteiger partial charge in [-0.2, -0.15) is 0 Å². The third-order valence-corrected chi connectivity index (χ3v) is 2.08. The van der Waals surface area contributed by atoms with E-state index >= 15 is 0 Å². The van der Waals surface area contributed by atoms with Crippen molar-refractivity contribution >= 4 is 11.9 Å². The van der Waals surface area contributed by atoms with Crippen LogP contribution in [0.4, 0.5) is 0 Å². The van der Waals surface area contributed by atoms with Gasteiger partial charge in [0.05, 0.1) is 0 Å². The van der Waals surface area contributed by atoms with E-state index < -0.39 is 17.9 Å². The van der Waals surface area contributed by atoms with Crippen molar-refractivity contribution in [1.82, 2.24) is 10.5 Å². The fraction of sp³-hybridized carbons (Fsp3) is 0.364. The van der Waals surface area contributed by atoms with Gasteiger partial charge in [-0.3, -0.25) is 4.79 Å². The Balaban J connectivity index is 2.67. The van der Waals surface area contributed by atoms with Gasteiger partial charge in [0.2, 0.25) is 0 Å². The van der Waals surface area contributed by atoms with Gasteiger partial charge in [0.1, 0.15) is 12.6 Å². The van der Waals surface area contributed by atoms with Crippen molar-refractivity contribution in [3.8, 4) is 0 Å². The van der Waals surface area contributed by atoms with Gasteiger partial charge in [-0.15, -0.1) is 6.58 Å². The number of methoxy groups -OCH3 is 1. The number of hydrogen-bond acceptors (Lipinski definition) is 5. The Morgan fingerprint density at radius 1 is 1.72 bits per heavy atom. The molecule has 0 bridgehead atoms. The highest BCUT2D eigenvalue weighted by Crippen LogP contribution is 2.05. The fourth-order valence-corrected chi connectivity index (χ4v) is 1.25. The second-order valence-corrected chi connectivity index (χ2v) is 3.50. The molecule has 1 aromatic rings. The molecule has 1 aromatic heterocycles. The third kappa shape index (κ3) is 3.70. The maximum Gasteiger partial charge on any atom is 0.326 e. The minimum atomic E-state index is -1.14.